The van der Waals surface area contributed by atoms with Crippen molar-refractivity contribution in [3.05, 3.63) is 104 Å². The first-order chi connectivity index (χ1) is 21.8. The molecule has 0 saturated heterocycles. The highest BCUT2D eigenvalue weighted by Gasteiger charge is 2.37. The topological polar surface area (TPSA) is 125 Å². The van der Waals surface area contributed by atoms with Gasteiger partial charge in [0.15, 0.2) is 23.0 Å². The second-order valence-corrected chi connectivity index (χ2v) is 11.1. The van der Waals surface area contributed by atoms with Crippen LogP contribution in [0.25, 0.3) is 11.8 Å². The number of allylic oxidation sites excluding steroid dienone is 1. The van der Waals surface area contributed by atoms with E-state index in [9.17, 15) is 19.8 Å². The van der Waals surface area contributed by atoms with Gasteiger partial charge in [-0.1, -0.05) is 18.2 Å². The molecule has 1 unspecified atom stereocenters. The summed E-state index contributed by atoms with van der Waals surface area (Å²) in [6.07, 6.45) is 4.34. The number of imidazole rings is 1. The Bertz CT molecular complexity index is 1930. The first kappa shape index (κ1) is 28.4. The van der Waals surface area contributed by atoms with Gasteiger partial charge in [-0.25, -0.2) is 4.39 Å². The average molecular weight is 610 g/mol. The van der Waals surface area contributed by atoms with Crippen LogP contribution in [0.2, 0.25) is 0 Å². The summed E-state index contributed by atoms with van der Waals surface area (Å²) in [5.41, 5.74) is 5.45. The molecule has 7 rings (SSSR count). The van der Waals surface area contributed by atoms with Gasteiger partial charge >= 0.3 is 5.82 Å². The Kier molecular flexibility index (Phi) is 7.10. The van der Waals surface area contributed by atoms with E-state index in [0.717, 1.165) is 35.4 Å². The van der Waals surface area contributed by atoms with Crippen molar-refractivity contribution >= 4 is 17.6 Å². The summed E-state index contributed by atoms with van der Waals surface area (Å²) in [7, 11) is 1.53. The fraction of sp³-hybridized carbons (Fsp3) is 0.273. The molecule has 0 spiro atoms. The van der Waals surface area contributed by atoms with Crippen LogP contribution in [0.5, 0.6) is 23.0 Å². The molecule has 3 aromatic carbocycles. The van der Waals surface area contributed by atoms with Crippen LogP contribution in [0.4, 0.5) is 10.2 Å². The molecule has 0 fully saturated rings. The fourth-order valence-corrected chi connectivity index (χ4v) is 6.43. The summed E-state index contributed by atoms with van der Waals surface area (Å²) < 4.78 is 39.4. The van der Waals surface area contributed by atoms with Crippen molar-refractivity contribution in [3.63, 3.8) is 0 Å². The lowest BCUT2D eigenvalue weighted by Crippen LogP contribution is -2.39. The van der Waals surface area contributed by atoms with E-state index in [1.807, 2.05) is 0 Å². The monoisotopic (exact) mass is 609 g/mol. The number of rotatable bonds is 7. The third-order valence-corrected chi connectivity index (χ3v) is 8.63. The lowest BCUT2D eigenvalue weighted by molar-refractivity contribution is -0.389. The Morgan fingerprint density at radius 1 is 1.24 bits per heavy atom. The number of fused-ring (bicyclic) bond motifs is 5. The zero-order chi connectivity index (χ0) is 31.2. The SMILES string of the molecule is COc1cc(/C=C(\C#N)n2cc([N+](=O)[O-])nc2C)c2c(c1OCc1ccccc1F)CN1CCc3cc4c(cc3C1C2)OCO4. The van der Waals surface area contributed by atoms with Crippen molar-refractivity contribution in [2.75, 3.05) is 20.4 Å². The number of hydrogen-bond acceptors (Lipinski definition) is 9. The lowest BCUT2D eigenvalue weighted by atomic mass is 9.81. The third-order valence-electron chi connectivity index (χ3n) is 8.63. The summed E-state index contributed by atoms with van der Waals surface area (Å²) in [5.74, 6) is 2.01. The molecule has 0 radical (unpaired) electrons. The molecular weight excluding hydrogens is 581 g/mol. The van der Waals surface area contributed by atoms with Gasteiger partial charge in [-0.2, -0.15) is 5.26 Å². The lowest BCUT2D eigenvalue weighted by Gasteiger charge is -2.42. The van der Waals surface area contributed by atoms with Crippen molar-refractivity contribution in [2.45, 2.75) is 39.0 Å². The van der Waals surface area contributed by atoms with E-state index in [4.69, 9.17) is 18.9 Å². The molecule has 0 N–H and O–H groups in total. The van der Waals surface area contributed by atoms with Crippen molar-refractivity contribution in [1.82, 2.24) is 14.5 Å². The highest BCUT2D eigenvalue weighted by Crippen LogP contribution is 2.48. The molecule has 228 valence electrons. The van der Waals surface area contributed by atoms with Gasteiger partial charge < -0.3 is 29.1 Å². The van der Waals surface area contributed by atoms with Crippen molar-refractivity contribution in [2.24, 2.45) is 0 Å². The minimum absolute atomic E-state index is 0.00173. The van der Waals surface area contributed by atoms with E-state index in [0.29, 0.717) is 47.2 Å². The highest BCUT2D eigenvalue weighted by atomic mass is 19.1. The van der Waals surface area contributed by atoms with E-state index >= 15 is 0 Å². The van der Waals surface area contributed by atoms with Crippen LogP contribution in [-0.4, -0.2) is 39.8 Å². The first-order valence-electron chi connectivity index (χ1n) is 14.4. The second-order valence-electron chi connectivity index (χ2n) is 11.1. The Morgan fingerprint density at radius 3 is 2.78 bits per heavy atom. The molecule has 4 aromatic rings. The minimum atomic E-state index is -0.592. The number of aromatic nitrogens is 2. The maximum atomic E-state index is 14.5. The van der Waals surface area contributed by atoms with E-state index in [-0.39, 0.29) is 36.8 Å². The molecule has 1 atom stereocenters. The van der Waals surface area contributed by atoms with Crippen molar-refractivity contribution < 1.29 is 28.3 Å². The van der Waals surface area contributed by atoms with E-state index in [2.05, 4.69) is 28.1 Å². The number of nitrogens with zero attached hydrogens (tertiary/aromatic N) is 5. The zero-order valence-electron chi connectivity index (χ0n) is 24.6. The molecule has 0 amide bonds. The van der Waals surface area contributed by atoms with Gasteiger partial charge in [-0.3, -0.25) is 9.47 Å². The van der Waals surface area contributed by atoms with Gasteiger partial charge in [0, 0.05) is 37.2 Å². The highest BCUT2D eigenvalue weighted by molar-refractivity contribution is 5.82. The summed E-state index contributed by atoms with van der Waals surface area (Å²) in [4.78, 5) is 17.2. The number of aryl methyl sites for hydroxylation is 1. The van der Waals surface area contributed by atoms with Gasteiger partial charge in [0.05, 0.1) is 7.11 Å². The van der Waals surface area contributed by atoms with Crippen LogP contribution in [-0.2, 0) is 26.0 Å². The molecule has 12 heteroatoms. The van der Waals surface area contributed by atoms with Gasteiger partial charge in [0.25, 0.3) is 0 Å². The molecule has 11 nitrogen and oxygen atoms in total. The predicted octanol–water partition coefficient (Wildman–Crippen LogP) is 5.73. The number of ether oxygens (including phenoxy) is 4. The number of nitriles is 1. The van der Waals surface area contributed by atoms with Crippen LogP contribution >= 0.6 is 0 Å². The summed E-state index contributed by atoms with van der Waals surface area (Å²) >= 11 is 0. The summed E-state index contributed by atoms with van der Waals surface area (Å²) in [6, 6.07) is 14.6. The normalized spacial score (nSPS) is 16.8. The van der Waals surface area contributed by atoms with E-state index in [1.165, 1.54) is 29.5 Å². The molecule has 45 heavy (non-hydrogen) atoms. The third kappa shape index (κ3) is 5.01. The zero-order valence-corrected chi connectivity index (χ0v) is 24.6. The number of nitro groups is 1. The Morgan fingerprint density at radius 2 is 2.04 bits per heavy atom. The molecule has 0 aliphatic carbocycles. The molecule has 0 bridgehead atoms. The second kappa shape index (κ2) is 11.3. The average Bonchev–Trinajstić information content (AvgIpc) is 3.67. The number of benzene rings is 3. The van der Waals surface area contributed by atoms with Crippen LogP contribution in [0.1, 0.15) is 45.2 Å². The molecule has 0 saturated carbocycles. The maximum Gasteiger partial charge on any atom is 0.382 e. The fourth-order valence-electron chi connectivity index (χ4n) is 6.43. The minimum Gasteiger partial charge on any atom is -0.493 e. The standard InChI is InChI=1S/C33H28FN5O6/c1-19-36-32(39(40)41)16-38(19)23(14-35)9-22-11-31(42-2)33(43-17-21-5-3-4-6-27(21)34)26-15-37-8-7-20-10-29-30(45-18-44-29)13-25(20)28(37)12-24(22)26/h3-6,9-11,13,16,28H,7-8,12,15,17-18H2,1-2H3/b23-9+. The van der Waals surface area contributed by atoms with Gasteiger partial charge in [0.2, 0.25) is 12.6 Å². The molecule has 3 aliphatic heterocycles. The van der Waals surface area contributed by atoms with Gasteiger partial charge in [-0.15, -0.1) is 0 Å². The smallest absolute Gasteiger partial charge is 0.382 e. The van der Waals surface area contributed by atoms with Crippen LogP contribution in [0.3, 0.4) is 0 Å². The van der Waals surface area contributed by atoms with Gasteiger partial charge in [0.1, 0.15) is 30.4 Å². The van der Waals surface area contributed by atoms with Crippen LogP contribution < -0.4 is 18.9 Å². The van der Waals surface area contributed by atoms with Crippen LogP contribution in [0.15, 0.2) is 48.7 Å². The summed E-state index contributed by atoms with van der Waals surface area (Å²) in [5, 5.41) is 21.6. The predicted molar refractivity (Wildman–Crippen MR) is 160 cm³/mol. The first-order valence-corrected chi connectivity index (χ1v) is 14.4. The van der Waals surface area contributed by atoms with Crippen molar-refractivity contribution in [3.8, 4) is 29.1 Å². The largest absolute Gasteiger partial charge is 0.493 e. The van der Waals surface area contributed by atoms with Crippen molar-refractivity contribution in [1.29, 1.82) is 5.26 Å². The molecular formula is C33H28FN5O6. The summed E-state index contributed by atoms with van der Waals surface area (Å²) in [6.45, 7) is 3.12. The Hall–Kier alpha value is -5.41. The molecule has 4 heterocycles. The van der Waals surface area contributed by atoms with E-state index < -0.39 is 4.92 Å². The Balaban J connectivity index is 1.36. The maximum absolute atomic E-state index is 14.5. The van der Waals surface area contributed by atoms with Crippen LogP contribution in [0, 0.1) is 34.2 Å². The quantitative estimate of drug-likeness (QED) is 0.147. The van der Waals surface area contributed by atoms with E-state index in [1.54, 1.807) is 37.3 Å². The number of halogens is 1. The number of hydrogen-bond donors (Lipinski definition) is 0. The molecule has 3 aliphatic rings. The Labute approximate surface area is 257 Å². The molecule has 1 aromatic heterocycles. The number of methoxy groups -OCH3 is 1. The van der Waals surface area contributed by atoms with Gasteiger partial charge in [-0.05, 0) is 75.3 Å².